The second-order valence-corrected chi connectivity index (χ2v) is 3.25. The van der Waals surface area contributed by atoms with Gasteiger partial charge in [0.1, 0.15) is 0 Å². The highest BCUT2D eigenvalue weighted by Crippen LogP contribution is 2.20. The first-order valence-electron chi connectivity index (χ1n) is 3.44. The minimum atomic E-state index is -2.07. The van der Waals surface area contributed by atoms with Crippen LogP contribution in [-0.4, -0.2) is 15.9 Å². The summed E-state index contributed by atoms with van der Waals surface area (Å²) in [7, 11) is 1.45. The van der Waals surface area contributed by atoms with E-state index in [4.69, 9.17) is 10.3 Å². The molecule has 0 heterocycles. The Morgan fingerprint density at radius 1 is 1.62 bits per heavy atom. The molecule has 0 aliphatic rings. The van der Waals surface area contributed by atoms with Gasteiger partial charge < -0.3 is 10.3 Å². The third kappa shape index (κ3) is 2.41. The fraction of sp³-hybridized carbons (Fsp3) is 0.143. The lowest BCUT2D eigenvalue weighted by Gasteiger charge is -2.05. The molecule has 0 fully saturated rings. The molecule has 6 heteroatoms. The van der Waals surface area contributed by atoms with Crippen LogP contribution in [0.5, 0.6) is 0 Å². The van der Waals surface area contributed by atoms with Gasteiger partial charge >= 0.3 is 0 Å². The smallest absolute Gasteiger partial charge is 0.188 e. The molecule has 0 saturated heterocycles. The van der Waals surface area contributed by atoms with Crippen LogP contribution in [0, 0.1) is 0 Å². The largest absolute Gasteiger partial charge is 0.398 e. The molecule has 0 amide bonds. The van der Waals surface area contributed by atoms with E-state index in [0.717, 1.165) is 0 Å². The van der Waals surface area contributed by atoms with Gasteiger partial charge in [0.2, 0.25) is 0 Å². The minimum absolute atomic E-state index is 0.169. The lowest BCUT2D eigenvalue weighted by Crippen LogP contribution is -2.00. The van der Waals surface area contributed by atoms with Gasteiger partial charge in [-0.1, -0.05) is 0 Å². The molecule has 0 spiro atoms. The number of hydrogen-bond acceptors (Lipinski definition) is 4. The molecule has 1 rings (SSSR count). The average molecular weight is 202 g/mol. The van der Waals surface area contributed by atoms with E-state index in [9.17, 15) is 4.21 Å². The van der Waals surface area contributed by atoms with Gasteiger partial charge in [-0.25, -0.2) is 4.21 Å². The second kappa shape index (κ2) is 4.22. The van der Waals surface area contributed by atoms with Crippen LogP contribution in [0.3, 0.4) is 0 Å². The lowest BCUT2D eigenvalue weighted by molar-refractivity contribution is 0.271. The van der Waals surface area contributed by atoms with Crippen molar-refractivity contribution in [2.75, 3.05) is 18.3 Å². The highest BCUT2D eigenvalue weighted by molar-refractivity contribution is 7.79. The van der Waals surface area contributed by atoms with Crippen molar-refractivity contribution in [2.45, 2.75) is 4.90 Å². The Balaban J connectivity index is 3.04. The lowest BCUT2D eigenvalue weighted by atomic mass is 10.3. The summed E-state index contributed by atoms with van der Waals surface area (Å²) in [6.45, 7) is 0. The predicted octanol–water partition coefficient (Wildman–Crippen LogP) is 0.823. The average Bonchev–Trinajstić information content (AvgIpc) is 2.08. The monoisotopic (exact) mass is 202 g/mol. The molecular formula is C7H10N2O3S. The predicted molar refractivity (Wildman–Crippen MR) is 50.5 cm³/mol. The molecule has 0 aromatic heterocycles. The van der Waals surface area contributed by atoms with Crippen molar-refractivity contribution in [3.05, 3.63) is 18.2 Å². The zero-order valence-corrected chi connectivity index (χ0v) is 7.80. The Kier molecular flexibility index (Phi) is 3.24. The Hall–Kier alpha value is -1.11. The van der Waals surface area contributed by atoms with Crippen LogP contribution >= 0.6 is 0 Å². The molecule has 1 aromatic carbocycles. The molecule has 1 unspecified atom stereocenters. The first-order chi connectivity index (χ1) is 6.15. The first kappa shape index (κ1) is 9.97. The third-order valence-electron chi connectivity index (χ3n) is 1.42. The van der Waals surface area contributed by atoms with E-state index < -0.39 is 11.1 Å². The van der Waals surface area contributed by atoms with Gasteiger partial charge in [-0.3, -0.25) is 10.3 Å². The Bertz CT molecular complexity index is 330. The maximum Gasteiger partial charge on any atom is 0.188 e. The zero-order valence-electron chi connectivity index (χ0n) is 6.98. The summed E-state index contributed by atoms with van der Waals surface area (Å²) >= 11 is -2.07. The Morgan fingerprint density at radius 2 is 2.31 bits per heavy atom. The number of nitrogen functional groups attached to an aromatic ring is 1. The summed E-state index contributed by atoms with van der Waals surface area (Å²) < 4.78 is 19.6. The summed E-state index contributed by atoms with van der Waals surface area (Å²) in [5.74, 6) is 0. The number of nitrogens with one attached hydrogen (secondary N) is 1. The van der Waals surface area contributed by atoms with E-state index in [1.54, 1.807) is 6.07 Å². The van der Waals surface area contributed by atoms with Gasteiger partial charge in [-0.05, 0) is 18.2 Å². The molecule has 0 aliphatic carbocycles. The maximum atomic E-state index is 10.7. The van der Waals surface area contributed by atoms with Crippen molar-refractivity contribution < 1.29 is 13.6 Å². The van der Waals surface area contributed by atoms with Gasteiger partial charge in [0.05, 0.1) is 23.4 Å². The van der Waals surface area contributed by atoms with E-state index in [-0.39, 0.29) is 10.6 Å². The van der Waals surface area contributed by atoms with E-state index in [1.807, 2.05) is 0 Å². The molecule has 1 aromatic rings. The molecule has 0 saturated carbocycles. The van der Waals surface area contributed by atoms with Crippen LogP contribution in [0.2, 0.25) is 0 Å². The maximum absolute atomic E-state index is 10.7. The van der Waals surface area contributed by atoms with Crippen LogP contribution in [-0.2, 0) is 15.9 Å². The molecule has 5 nitrogen and oxygen atoms in total. The number of benzene rings is 1. The summed E-state index contributed by atoms with van der Waals surface area (Å²) in [5.41, 5.74) is 8.85. The number of rotatable bonds is 3. The first-order valence-corrected chi connectivity index (χ1v) is 4.55. The Morgan fingerprint density at radius 3 is 2.85 bits per heavy atom. The quantitative estimate of drug-likeness (QED) is 0.384. The summed E-state index contributed by atoms with van der Waals surface area (Å²) in [4.78, 5) is 4.80. The number of nitrogens with two attached hydrogens (primary N) is 1. The molecular weight excluding hydrogens is 192 g/mol. The van der Waals surface area contributed by atoms with Crippen LogP contribution in [0.1, 0.15) is 0 Å². The van der Waals surface area contributed by atoms with Crippen LogP contribution < -0.4 is 11.2 Å². The van der Waals surface area contributed by atoms with Crippen molar-refractivity contribution >= 4 is 22.5 Å². The van der Waals surface area contributed by atoms with Crippen LogP contribution in [0.15, 0.2) is 23.1 Å². The number of hydrogen-bond donors (Lipinski definition) is 3. The summed E-state index contributed by atoms with van der Waals surface area (Å²) in [6, 6.07) is 4.63. The minimum Gasteiger partial charge on any atom is -0.398 e. The van der Waals surface area contributed by atoms with E-state index in [2.05, 4.69) is 10.3 Å². The van der Waals surface area contributed by atoms with Crippen LogP contribution in [0.25, 0.3) is 0 Å². The van der Waals surface area contributed by atoms with Gasteiger partial charge in [0.25, 0.3) is 0 Å². The molecule has 4 N–H and O–H groups in total. The van der Waals surface area contributed by atoms with Crippen molar-refractivity contribution in [3.8, 4) is 0 Å². The molecule has 0 bridgehead atoms. The van der Waals surface area contributed by atoms with Crippen molar-refractivity contribution in [3.63, 3.8) is 0 Å². The summed E-state index contributed by atoms with van der Waals surface area (Å²) in [5, 5.41) is 0. The number of anilines is 2. The topological polar surface area (TPSA) is 84.6 Å². The van der Waals surface area contributed by atoms with Crippen molar-refractivity contribution in [1.29, 1.82) is 0 Å². The van der Waals surface area contributed by atoms with E-state index >= 15 is 0 Å². The van der Waals surface area contributed by atoms with Crippen molar-refractivity contribution in [1.82, 2.24) is 0 Å². The standard InChI is InChI=1S/C7H10N2O3S/c1-12-9-5-2-3-6(8)7(4-5)13(10)11/h2-4,9H,8H2,1H3,(H,10,11). The van der Waals surface area contributed by atoms with Crippen molar-refractivity contribution in [2.24, 2.45) is 0 Å². The molecule has 0 radical (unpaired) electrons. The third-order valence-corrected chi connectivity index (χ3v) is 2.15. The molecule has 1 atom stereocenters. The van der Waals surface area contributed by atoms with Gasteiger partial charge in [-0.15, -0.1) is 0 Å². The normalized spacial score (nSPS) is 12.5. The van der Waals surface area contributed by atoms with E-state index in [1.165, 1.54) is 19.2 Å². The fourth-order valence-electron chi connectivity index (χ4n) is 0.867. The van der Waals surface area contributed by atoms with Crippen LogP contribution in [0.4, 0.5) is 11.4 Å². The zero-order chi connectivity index (χ0) is 9.84. The fourth-order valence-corrected chi connectivity index (χ4v) is 1.36. The molecule has 13 heavy (non-hydrogen) atoms. The Labute approximate surface area is 78.1 Å². The SMILES string of the molecule is CONc1ccc(N)c(S(=O)O)c1. The molecule has 72 valence electrons. The summed E-state index contributed by atoms with van der Waals surface area (Å²) in [6.07, 6.45) is 0. The second-order valence-electron chi connectivity index (χ2n) is 2.31. The van der Waals surface area contributed by atoms with Gasteiger partial charge in [-0.2, -0.15) is 0 Å². The van der Waals surface area contributed by atoms with E-state index in [0.29, 0.717) is 5.69 Å². The van der Waals surface area contributed by atoms with Gasteiger partial charge in [0.15, 0.2) is 11.1 Å². The van der Waals surface area contributed by atoms with Gasteiger partial charge in [0, 0.05) is 0 Å². The highest BCUT2D eigenvalue weighted by Gasteiger charge is 2.05. The highest BCUT2D eigenvalue weighted by atomic mass is 32.2. The molecule has 0 aliphatic heterocycles.